The number of fused-ring (bicyclic) bond motifs is 1. The molecule has 4 nitrogen and oxygen atoms in total. The number of aromatic nitrogens is 1. The van der Waals surface area contributed by atoms with Crippen LogP contribution in [0.4, 0.5) is 14.5 Å². The van der Waals surface area contributed by atoms with E-state index in [2.05, 4.69) is 4.98 Å². The molecule has 2 aromatic rings. The van der Waals surface area contributed by atoms with E-state index >= 15 is 0 Å². The molecular formula is C15H14F2N2O2. The van der Waals surface area contributed by atoms with Crippen LogP contribution in [0, 0.1) is 5.92 Å². The van der Waals surface area contributed by atoms with Gasteiger partial charge in [-0.2, -0.15) is 0 Å². The fourth-order valence-corrected chi connectivity index (χ4v) is 2.53. The molecule has 110 valence electrons. The van der Waals surface area contributed by atoms with Crippen molar-refractivity contribution in [1.82, 2.24) is 4.98 Å². The molecule has 1 aliphatic heterocycles. The van der Waals surface area contributed by atoms with Crippen molar-refractivity contribution in [2.24, 2.45) is 5.92 Å². The minimum Gasteiger partial charge on any atom is -0.478 e. The Hall–Kier alpha value is -2.24. The number of carboxylic acid groups (broad SMARTS) is 1. The molecule has 0 bridgehead atoms. The quantitative estimate of drug-likeness (QED) is 0.944. The molecule has 0 amide bonds. The van der Waals surface area contributed by atoms with Crippen molar-refractivity contribution in [2.45, 2.75) is 12.8 Å². The Morgan fingerprint density at radius 1 is 1.38 bits per heavy atom. The monoisotopic (exact) mass is 292 g/mol. The van der Waals surface area contributed by atoms with Crippen molar-refractivity contribution in [2.75, 3.05) is 18.0 Å². The predicted octanol–water partition coefficient (Wildman–Crippen LogP) is 3.02. The van der Waals surface area contributed by atoms with Crippen molar-refractivity contribution >= 4 is 22.6 Å². The zero-order valence-electron chi connectivity index (χ0n) is 11.4. The molecule has 1 aromatic carbocycles. The third-order valence-corrected chi connectivity index (χ3v) is 3.92. The fourth-order valence-electron chi connectivity index (χ4n) is 2.53. The highest BCUT2D eigenvalue weighted by Crippen LogP contribution is 2.35. The van der Waals surface area contributed by atoms with Crippen LogP contribution in [0.25, 0.3) is 10.9 Å². The highest BCUT2D eigenvalue weighted by molar-refractivity contribution is 6.03. The molecule has 1 fully saturated rings. The summed E-state index contributed by atoms with van der Waals surface area (Å²) in [6.45, 7) is 1.48. The normalized spacial score (nSPS) is 16.0. The first-order chi connectivity index (χ1) is 9.86. The second-order valence-electron chi connectivity index (χ2n) is 5.42. The maximum Gasteiger partial charge on any atom is 0.336 e. The van der Waals surface area contributed by atoms with Crippen molar-refractivity contribution < 1.29 is 18.7 Å². The van der Waals surface area contributed by atoms with E-state index in [9.17, 15) is 18.7 Å². The summed E-state index contributed by atoms with van der Waals surface area (Å²) in [5.74, 6) is -4.36. The van der Waals surface area contributed by atoms with E-state index in [-0.39, 0.29) is 18.7 Å². The number of hydrogen-bond donors (Lipinski definition) is 1. The molecular weight excluding hydrogens is 278 g/mol. The first-order valence-electron chi connectivity index (χ1n) is 6.61. The Morgan fingerprint density at radius 2 is 2.10 bits per heavy atom. The summed E-state index contributed by atoms with van der Waals surface area (Å²) in [5, 5.41) is 9.71. The van der Waals surface area contributed by atoms with Gasteiger partial charge in [-0.05, 0) is 31.2 Å². The van der Waals surface area contributed by atoms with Gasteiger partial charge in [-0.1, -0.05) is 0 Å². The first-order valence-corrected chi connectivity index (χ1v) is 6.61. The molecule has 0 saturated carbocycles. The fraction of sp³-hybridized carbons (Fsp3) is 0.333. The smallest absolute Gasteiger partial charge is 0.336 e. The molecule has 1 aromatic heterocycles. The number of pyridine rings is 1. The van der Waals surface area contributed by atoms with Crippen LogP contribution in [0.15, 0.2) is 30.5 Å². The van der Waals surface area contributed by atoms with Gasteiger partial charge in [0.05, 0.1) is 17.0 Å². The van der Waals surface area contributed by atoms with Crippen molar-refractivity contribution in [3.05, 3.63) is 36.0 Å². The zero-order chi connectivity index (χ0) is 15.2. The minimum atomic E-state index is -2.68. The van der Waals surface area contributed by atoms with Crippen LogP contribution in [0.1, 0.15) is 17.3 Å². The average Bonchev–Trinajstić information content (AvgIpc) is 2.34. The third-order valence-electron chi connectivity index (χ3n) is 3.92. The second-order valence-corrected chi connectivity index (χ2v) is 5.42. The number of benzene rings is 1. The summed E-state index contributed by atoms with van der Waals surface area (Å²) < 4.78 is 26.3. The Bertz CT molecular complexity index is 706. The van der Waals surface area contributed by atoms with Crippen LogP contribution >= 0.6 is 0 Å². The van der Waals surface area contributed by atoms with E-state index in [1.807, 2.05) is 4.90 Å². The van der Waals surface area contributed by atoms with E-state index in [1.165, 1.54) is 12.3 Å². The summed E-state index contributed by atoms with van der Waals surface area (Å²) in [5.41, 5.74) is 1.50. The second kappa shape index (κ2) is 4.65. The highest BCUT2D eigenvalue weighted by atomic mass is 19.3. The van der Waals surface area contributed by atoms with Crippen LogP contribution in [-0.4, -0.2) is 35.1 Å². The minimum absolute atomic E-state index is 0.166. The SMILES string of the molecule is CC(F)(F)C1CN(c2ccc3nccc(C(=O)O)c3c2)C1. The van der Waals surface area contributed by atoms with Gasteiger partial charge in [-0.15, -0.1) is 0 Å². The van der Waals surface area contributed by atoms with Crippen molar-refractivity contribution in [1.29, 1.82) is 0 Å². The van der Waals surface area contributed by atoms with Crippen molar-refractivity contribution in [3.8, 4) is 0 Å². The predicted molar refractivity (Wildman–Crippen MR) is 75.0 cm³/mol. The number of carbonyl (C=O) groups is 1. The van der Waals surface area contributed by atoms with Crippen LogP contribution in [0.5, 0.6) is 0 Å². The van der Waals surface area contributed by atoms with Gasteiger partial charge in [0, 0.05) is 30.4 Å². The van der Waals surface area contributed by atoms with Gasteiger partial charge in [0.1, 0.15) is 0 Å². The van der Waals surface area contributed by atoms with Crippen LogP contribution in [-0.2, 0) is 0 Å². The number of halogens is 2. The molecule has 0 unspecified atom stereocenters. The summed E-state index contributed by atoms with van der Waals surface area (Å²) in [6.07, 6.45) is 1.45. The molecule has 21 heavy (non-hydrogen) atoms. The molecule has 0 spiro atoms. The zero-order valence-corrected chi connectivity index (χ0v) is 11.4. The van der Waals surface area contributed by atoms with Gasteiger partial charge < -0.3 is 10.0 Å². The molecule has 0 radical (unpaired) electrons. The number of nitrogens with zero attached hydrogens (tertiary/aromatic N) is 2. The van der Waals surface area contributed by atoms with E-state index in [0.29, 0.717) is 10.9 Å². The lowest BCUT2D eigenvalue weighted by molar-refractivity contribution is -0.0499. The summed E-state index contributed by atoms with van der Waals surface area (Å²) in [4.78, 5) is 17.2. The number of hydrogen-bond acceptors (Lipinski definition) is 3. The number of alkyl halides is 2. The van der Waals surface area contributed by atoms with E-state index < -0.39 is 17.8 Å². The molecule has 6 heteroatoms. The molecule has 1 N–H and O–H groups in total. The maximum atomic E-state index is 13.2. The van der Waals surface area contributed by atoms with Gasteiger partial charge in [0.25, 0.3) is 5.92 Å². The lowest BCUT2D eigenvalue weighted by atomic mass is 9.93. The molecule has 1 aliphatic rings. The van der Waals surface area contributed by atoms with E-state index in [4.69, 9.17) is 0 Å². The Morgan fingerprint density at radius 3 is 2.71 bits per heavy atom. The molecule has 0 aliphatic carbocycles. The van der Waals surface area contributed by atoms with Gasteiger partial charge in [-0.3, -0.25) is 4.98 Å². The average molecular weight is 292 g/mol. The van der Waals surface area contributed by atoms with Gasteiger partial charge >= 0.3 is 5.97 Å². The van der Waals surface area contributed by atoms with Crippen LogP contribution < -0.4 is 4.90 Å². The molecule has 3 rings (SSSR count). The van der Waals surface area contributed by atoms with Crippen molar-refractivity contribution in [3.63, 3.8) is 0 Å². The number of carboxylic acids is 1. The van der Waals surface area contributed by atoms with Crippen LogP contribution in [0.3, 0.4) is 0 Å². The lowest BCUT2D eigenvalue weighted by Crippen LogP contribution is -2.53. The standard InChI is InChI=1S/C15H14F2N2O2/c1-15(16,17)9-7-19(8-9)10-2-3-13-12(6-10)11(14(20)21)4-5-18-13/h2-6,9H,7-8H2,1H3,(H,20,21). The summed E-state index contributed by atoms with van der Waals surface area (Å²) in [6, 6.07) is 6.64. The topological polar surface area (TPSA) is 53.4 Å². The Balaban J connectivity index is 1.92. The summed E-state index contributed by atoms with van der Waals surface area (Å²) >= 11 is 0. The lowest BCUT2D eigenvalue weighted by Gasteiger charge is -2.43. The van der Waals surface area contributed by atoms with Gasteiger partial charge in [0.2, 0.25) is 0 Å². The Kier molecular flexibility index (Phi) is 3.04. The maximum absolute atomic E-state index is 13.2. The Labute approximate surface area is 120 Å². The first kappa shape index (κ1) is 13.7. The number of aromatic carboxylic acids is 1. The van der Waals surface area contributed by atoms with Gasteiger partial charge in [0.15, 0.2) is 0 Å². The molecule has 1 saturated heterocycles. The number of anilines is 1. The number of rotatable bonds is 3. The molecule has 2 heterocycles. The van der Waals surface area contributed by atoms with E-state index in [1.54, 1.807) is 18.2 Å². The van der Waals surface area contributed by atoms with E-state index in [0.717, 1.165) is 12.6 Å². The highest BCUT2D eigenvalue weighted by Gasteiger charge is 2.42. The molecule has 0 atom stereocenters. The largest absolute Gasteiger partial charge is 0.478 e. The van der Waals surface area contributed by atoms with Crippen LogP contribution in [0.2, 0.25) is 0 Å². The third kappa shape index (κ3) is 2.41. The van der Waals surface area contributed by atoms with Gasteiger partial charge in [-0.25, -0.2) is 13.6 Å². The summed E-state index contributed by atoms with van der Waals surface area (Å²) in [7, 11) is 0.